The van der Waals surface area contributed by atoms with Crippen molar-refractivity contribution in [1.82, 2.24) is 24.5 Å². The smallest absolute Gasteiger partial charge is 0.324 e. The number of fused-ring (bicyclic) bond motifs is 1. The fraction of sp³-hybridized carbons (Fsp3) is 0.353. The first-order valence-electron chi connectivity index (χ1n) is 8.86. The van der Waals surface area contributed by atoms with Crippen LogP contribution in [0.15, 0.2) is 24.4 Å². The van der Waals surface area contributed by atoms with E-state index >= 15 is 0 Å². The highest BCUT2D eigenvalue weighted by molar-refractivity contribution is 7.88. The van der Waals surface area contributed by atoms with Crippen molar-refractivity contribution in [2.24, 2.45) is 0 Å². The normalized spacial score (nSPS) is 17.7. The minimum atomic E-state index is -3.26. The van der Waals surface area contributed by atoms with Gasteiger partial charge in [0.05, 0.1) is 11.6 Å². The maximum atomic E-state index is 13.7. The second-order valence-corrected chi connectivity index (χ2v) is 8.65. The van der Waals surface area contributed by atoms with Crippen molar-refractivity contribution in [3.05, 3.63) is 36.0 Å². The lowest BCUT2D eigenvalue weighted by Gasteiger charge is -2.22. The summed E-state index contributed by atoms with van der Waals surface area (Å²) in [6, 6.07) is 2.64. The molecule has 12 heteroatoms. The Balaban J connectivity index is 1.48. The number of hydrogen-bond donors (Lipinski definition) is 2. The Hall–Kier alpha value is -2.86. The topological polar surface area (TPSA) is 113 Å². The Morgan fingerprint density at radius 2 is 2.21 bits per heavy atom. The summed E-state index contributed by atoms with van der Waals surface area (Å²) in [6.07, 6.45) is 4.23. The van der Waals surface area contributed by atoms with E-state index < -0.39 is 21.7 Å². The number of hydrogen-bond acceptors (Lipinski definition) is 7. The lowest BCUT2D eigenvalue weighted by atomic mass is 10.2. The van der Waals surface area contributed by atoms with Crippen molar-refractivity contribution in [3.8, 4) is 11.8 Å². The molecule has 0 aliphatic carbocycles. The standard InChI is InChI=1S/C17H18F2N6O3S/c1-29(26,27)25-6-2-3-11(25)8-20-15-12-9-21-17(22-16(12)24-23-15)28-14-5-4-10(18)7-13(14)19/h4-5,7,9,11H,2-3,6,8H2,1H3,(H2,20,21,22,23,24). The Morgan fingerprint density at radius 1 is 1.38 bits per heavy atom. The number of aromatic amines is 1. The van der Waals surface area contributed by atoms with Crippen LogP contribution in [0, 0.1) is 11.6 Å². The van der Waals surface area contributed by atoms with E-state index in [1.807, 2.05) is 0 Å². The Bertz CT molecular complexity index is 1150. The SMILES string of the molecule is CS(=O)(=O)N1CCCC1CNc1n[nH]c2nc(Oc3ccc(F)cc3F)ncc12. The Morgan fingerprint density at radius 3 is 2.97 bits per heavy atom. The monoisotopic (exact) mass is 424 g/mol. The quantitative estimate of drug-likeness (QED) is 0.624. The molecule has 1 atom stereocenters. The zero-order valence-corrected chi connectivity index (χ0v) is 16.2. The van der Waals surface area contributed by atoms with Crippen LogP contribution in [0.25, 0.3) is 11.0 Å². The maximum Gasteiger partial charge on any atom is 0.324 e. The summed E-state index contributed by atoms with van der Waals surface area (Å²) < 4.78 is 57.1. The van der Waals surface area contributed by atoms with E-state index in [-0.39, 0.29) is 17.8 Å². The summed E-state index contributed by atoms with van der Waals surface area (Å²) >= 11 is 0. The number of ether oxygens (including phenoxy) is 1. The lowest BCUT2D eigenvalue weighted by Crippen LogP contribution is -2.38. The molecule has 154 valence electrons. The molecular weight excluding hydrogens is 406 g/mol. The first-order chi connectivity index (χ1) is 13.8. The van der Waals surface area contributed by atoms with Crippen LogP contribution in [-0.4, -0.2) is 58.3 Å². The van der Waals surface area contributed by atoms with Gasteiger partial charge in [0.15, 0.2) is 23.0 Å². The first kappa shape index (κ1) is 19.5. The number of sulfonamides is 1. The Labute approximate surface area is 165 Å². The molecule has 1 fully saturated rings. The fourth-order valence-corrected chi connectivity index (χ4v) is 4.48. The van der Waals surface area contributed by atoms with Gasteiger partial charge in [0, 0.05) is 31.4 Å². The zero-order valence-electron chi connectivity index (χ0n) is 15.4. The molecule has 1 aromatic carbocycles. The van der Waals surface area contributed by atoms with Gasteiger partial charge >= 0.3 is 6.01 Å². The second kappa shape index (κ2) is 7.52. The van der Waals surface area contributed by atoms with E-state index in [9.17, 15) is 17.2 Å². The van der Waals surface area contributed by atoms with E-state index in [1.165, 1.54) is 16.8 Å². The van der Waals surface area contributed by atoms with Crippen LogP contribution in [0.1, 0.15) is 12.8 Å². The minimum absolute atomic E-state index is 0.128. The van der Waals surface area contributed by atoms with Crippen LogP contribution in [-0.2, 0) is 10.0 Å². The molecule has 1 unspecified atom stereocenters. The predicted octanol–water partition coefficient (Wildman–Crippen LogP) is 2.26. The van der Waals surface area contributed by atoms with Gasteiger partial charge in [0.2, 0.25) is 10.0 Å². The summed E-state index contributed by atoms with van der Waals surface area (Å²) in [6.45, 7) is 0.905. The molecule has 29 heavy (non-hydrogen) atoms. The summed E-state index contributed by atoms with van der Waals surface area (Å²) in [5.41, 5.74) is 0.353. The van der Waals surface area contributed by atoms with Gasteiger partial charge in [0.25, 0.3) is 0 Å². The molecule has 1 saturated heterocycles. The molecule has 0 amide bonds. The van der Waals surface area contributed by atoms with Gasteiger partial charge in [-0.25, -0.2) is 22.2 Å². The van der Waals surface area contributed by atoms with Crippen LogP contribution in [0.4, 0.5) is 14.6 Å². The molecule has 2 N–H and O–H groups in total. The van der Waals surface area contributed by atoms with Crippen LogP contribution in [0.3, 0.4) is 0 Å². The van der Waals surface area contributed by atoms with Crippen LogP contribution < -0.4 is 10.1 Å². The predicted molar refractivity (Wildman–Crippen MR) is 101 cm³/mol. The molecule has 3 heterocycles. The van der Waals surface area contributed by atoms with Gasteiger partial charge in [-0.2, -0.15) is 14.4 Å². The third-order valence-electron chi connectivity index (χ3n) is 4.64. The number of benzene rings is 1. The van der Waals surface area contributed by atoms with Crippen LogP contribution >= 0.6 is 0 Å². The number of nitrogens with zero attached hydrogens (tertiary/aromatic N) is 4. The molecular formula is C17H18F2N6O3S. The van der Waals surface area contributed by atoms with Crippen LogP contribution in [0.2, 0.25) is 0 Å². The highest BCUT2D eigenvalue weighted by atomic mass is 32.2. The van der Waals surface area contributed by atoms with Crippen molar-refractivity contribution < 1.29 is 21.9 Å². The van der Waals surface area contributed by atoms with Gasteiger partial charge in [-0.05, 0) is 25.0 Å². The summed E-state index contributed by atoms with van der Waals surface area (Å²) in [4.78, 5) is 8.16. The molecule has 1 aliphatic heterocycles. The number of rotatable bonds is 6. The van der Waals surface area contributed by atoms with Crippen molar-refractivity contribution >= 4 is 26.9 Å². The molecule has 9 nitrogen and oxygen atoms in total. The number of anilines is 1. The number of halogens is 2. The largest absolute Gasteiger partial charge is 0.421 e. The second-order valence-electron chi connectivity index (χ2n) is 6.71. The third kappa shape index (κ3) is 4.12. The molecule has 4 rings (SSSR count). The van der Waals surface area contributed by atoms with E-state index in [1.54, 1.807) is 0 Å². The Kier molecular flexibility index (Phi) is 5.04. The number of aromatic nitrogens is 4. The highest BCUT2D eigenvalue weighted by Crippen LogP contribution is 2.26. The molecule has 0 saturated carbocycles. The maximum absolute atomic E-state index is 13.7. The first-order valence-corrected chi connectivity index (χ1v) is 10.7. The van der Waals surface area contributed by atoms with Crippen molar-refractivity contribution in [3.63, 3.8) is 0 Å². The molecule has 3 aromatic rings. The van der Waals surface area contributed by atoms with Crippen molar-refractivity contribution in [2.45, 2.75) is 18.9 Å². The van der Waals surface area contributed by atoms with Crippen molar-refractivity contribution in [1.29, 1.82) is 0 Å². The number of nitrogens with one attached hydrogen (secondary N) is 2. The molecule has 0 bridgehead atoms. The van der Waals surface area contributed by atoms with E-state index in [2.05, 4.69) is 25.5 Å². The number of H-pyrrole nitrogens is 1. The van der Waals surface area contributed by atoms with E-state index in [0.29, 0.717) is 36.0 Å². The van der Waals surface area contributed by atoms with Gasteiger partial charge < -0.3 is 10.1 Å². The van der Waals surface area contributed by atoms with Gasteiger partial charge in [-0.1, -0.05) is 0 Å². The average Bonchev–Trinajstić information content (AvgIpc) is 3.28. The molecule has 0 radical (unpaired) electrons. The van der Waals surface area contributed by atoms with Crippen LogP contribution in [0.5, 0.6) is 11.8 Å². The summed E-state index contributed by atoms with van der Waals surface area (Å²) in [5.74, 6) is -1.31. The van der Waals surface area contributed by atoms with E-state index in [0.717, 1.165) is 25.0 Å². The molecule has 2 aromatic heterocycles. The molecule has 1 aliphatic rings. The highest BCUT2D eigenvalue weighted by Gasteiger charge is 2.31. The van der Waals surface area contributed by atoms with Gasteiger partial charge in [0.1, 0.15) is 5.82 Å². The third-order valence-corrected chi connectivity index (χ3v) is 5.98. The molecule has 0 spiro atoms. The average molecular weight is 424 g/mol. The van der Waals surface area contributed by atoms with Gasteiger partial charge in [-0.3, -0.25) is 5.10 Å². The zero-order chi connectivity index (χ0) is 20.6. The summed E-state index contributed by atoms with van der Waals surface area (Å²) in [7, 11) is -3.26. The van der Waals surface area contributed by atoms with Crippen molar-refractivity contribution in [2.75, 3.05) is 24.7 Å². The summed E-state index contributed by atoms with van der Waals surface area (Å²) in [5, 5.41) is 10.6. The minimum Gasteiger partial charge on any atom is -0.421 e. The van der Waals surface area contributed by atoms with E-state index in [4.69, 9.17) is 4.74 Å². The lowest BCUT2D eigenvalue weighted by molar-refractivity contribution is 0.402. The van der Waals surface area contributed by atoms with Gasteiger partial charge in [-0.15, -0.1) is 0 Å². The fourth-order valence-electron chi connectivity index (χ4n) is 3.30.